The lowest BCUT2D eigenvalue weighted by atomic mass is 9.99. The molecule has 0 atom stereocenters. The number of anilines is 1. The van der Waals surface area contributed by atoms with Crippen molar-refractivity contribution in [3.63, 3.8) is 0 Å². The van der Waals surface area contributed by atoms with Crippen molar-refractivity contribution in [1.29, 1.82) is 0 Å². The summed E-state index contributed by atoms with van der Waals surface area (Å²) < 4.78 is 0. The topological polar surface area (TPSA) is 71.1 Å². The Morgan fingerprint density at radius 2 is 2.00 bits per heavy atom. The van der Waals surface area contributed by atoms with Crippen LogP contribution in [0.5, 0.6) is 0 Å². The Morgan fingerprint density at radius 1 is 1.19 bits per heavy atom. The Labute approximate surface area is 159 Å². The molecule has 2 N–H and O–H groups in total. The molecule has 1 heterocycles. The van der Waals surface area contributed by atoms with Crippen LogP contribution in [0.1, 0.15) is 48.5 Å². The highest BCUT2D eigenvalue weighted by molar-refractivity contribution is 6.04. The molecule has 0 radical (unpaired) electrons. The second-order valence-corrected chi connectivity index (χ2v) is 6.98. The van der Waals surface area contributed by atoms with Crippen LogP contribution in [-0.4, -0.2) is 16.8 Å². The van der Waals surface area contributed by atoms with Gasteiger partial charge in [0.15, 0.2) is 0 Å². The van der Waals surface area contributed by atoms with E-state index in [0.717, 1.165) is 5.56 Å². The van der Waals surface area contributed by atoms with Gasteiger partial charge in [-0.1, -0.05) is 30.5 Å². The summed E-state index contributed by atoms with van der Waals surface area (Å²) in [5.74, 6) is 0.283. The first-order chi connectivity index (χ1) is 13.1. The molecule has 5 nitrogen and oxygen atoms in total. The molecule has 1 fully saturated rings. The van der Waals surface area contributed by atoms with E-state index in [1.807, 2.05) is 31.2 Å². The number of nitrogens with zero attached hydrogens (tertiary/aromatic N) is 1. The average molecular weight is 363 g/mol. The normalized spacial score (nSPS) is 14.8. The molecule has 1 aliphatic carbocycles. The number of hydrogen-bond donors (Lipinski definition) is 2. The van der Waals surface area contributed by atoms with Crippen molar-refractivity contribution in [3.8, 4) is 0 Å². The Morgan fingerprint density at radius 3 is 2.74 bits per heavy atom. The fraction of sp³-hybridized carbons (Fsp3) is 0.318. The maximum absolute atomic E-state index is 12.2. The largest absolute Gasteiger partial charge is 0.348 e. The van der Waals surface area contributed by atoms with E-state index in [2.05, 4.69) is 15.6 Å². The first-order valence-electron chi connectivity index (χ1n) is 9.38. The highest BCUT2D eigenvalue weighted by Gasteiger charge is 2.17. The number of hydrogen-bond acceptors (Lipinski definition) is 3. The van der Waals surface area contributed by atoms with Crippen LogP contribution in [-0.2, 0) is 11.3 Å². The Balaban J connectivity index is 1.55. The second-order valence-electron chi connectivity index (χ2n) is 6.98. The minimum absolute atomic E-state index is 0.0656. The fourth-order valence-electron chi connectivity index (χ4n) is 3.41. The van der Waals surface area contributed by atoms with Crippen LogP contribution in [0, 0.1) is 5.92 Å². The van der Waals surface area contributed by atoms with E-state index in [9.17, 15) is 9.59 Å². The first kappa shape index (κ1) is 18.8. The number of carbonyl (C=O) groups is 2. The summed E-state index contributed by atoms with van der Waals surface area (Å²) in [4.78, 5) is 28.3. The number of nitrogens with one attached hydrogen (secondary N) is 2. The summed E-state index contributed by atoms with van der Waals surface area (Å²) in [6.07, 6.45) is 9.78. The molecule has 1 saturated carbocycles. The van der Waals surface area contributed by atoms with Gasteiger partial charge in [0, 0.05) is 30.7 Å². The first-order valence-corrected chi connectivity index (χ1v) is 9.38. The molecule has 0 spiro atoms. The molecular formula is C22H25N3O2. The Hall–Kier alpha value is -2.95. The monoisotopic (exact) mass is 363 g/mol. The quantitative estimate of drug-likeness (QED) is 0.760. The van der Waals surface area contributed by atoms with Crippen LogP contribution in [0.25, 0.3) is 0 Å². The van der Waals surface area contributed by atoms with E-state index in [4.69, 9.17) is 0 Å². The van der Waals surface area contributed by atoms with Gasteiger partial charge in [-0.25, -0.2) is 0 Å². The fourth-order valence-corrected chi connectivity index (χ4v) is 3.41. The highest BCUT2D eigenvalue weighted by Crippen LogP contribution is 2.30. The number of pyridine rings is 1. The molecule has 140 valence electrons. The predicted octanol–water partition coefficient (Wildman–Crippen LogP) is 4.09. The SMILES string of the molecule is C/C(=C\C(=O)NCc1cccc(NC(=O)c2cccnc2)c1)C1CCCC1. The average Bonchev–Trinajstić information content (AvgIpc) is 3.22. The molecule has 3 rings (SSSR count). The van der Waals surface area contributed by atoms with Crippen molar-refractivity contribution in [2.75, 3.05) is 5.32 Å². The van der Waals surface area contributed by atoms with Gasteiger partial charge in [0.1, 0.15) is 0 Å². The molecule has 1 aromatic heterocycles. The molecule has 0 unspecified atom stereocenters. The Bertz CT molecular complexity index is 824. The van der Waals surface area contributed by atoms with Crippen LogP contribution >= 0.6 is 0 Å². The van der Waals surface area contributed by atoms with Gasteiger partial charge < -0.3 is 10.6 Å². The minimum atomic E-state index is -0.209. The molecule has 1 aromatic carbocycles. The summed E-state index contributed by atoms with van der Waals surface area (Å²) in [6, 6.07) is 10.9. The third-order valence-corrected chi connectivity index (χ3v) is 4.93. The van der Waals surface area contributed by atoms with Gasteiger partial charge in [-0.3, -0.25) is 14.6 Å². The van der Waals surface area contributed by atoms with Crippen molar-refractivity contribution < 1.29 is 9.59 Å². The van der Waals surface area contributed by atoms with Crippen molar-refractivity contribution in [2.45, 2.75) is 39.2 Å². The van der Waals surface area contributed by atoms with E-state index >= 15 is 0 Å². The van der Waals surface area contributed by atoms with Crippen LogP contribution in [0.2, 0.25) is 0 Å². The number of rotatable bonds is 6. The third kappa shape index (κ3) is 5.51. The van der Waals surface area contributed by atoms with Gasteiger partial charge in [0.05, 0.1) is 5.56 Å². The van der Waals surface area contributed by atoms with Gasteiger partial charge in [-0.15, -0.1) is 0 Å². The standard InChI is InChI=1S/C22H25N3O2/c1-16(18-7-2-3-8-18)12-21(26)24-14-17-6-4-10-20(13-17)25-22(27)19-9-5-11-23-15-19/h4-6,9-13,15,18H,2-3,7-8,14H2,1H3,(H,24,26)(H,25,27)/b16-12+. The van der Waals surface area contributed by atoms with Crippen molar-refractivity contribution in [1.82, 2.24) is 10.3 Å². The number of benzene rings is 1. The summed E-state index contributed by atoms with van der Waals surface area (Å²) in [6.45, 7) is 2.47. The summed E-state index contributed by atoms with van der Waals surface area (Å²) in [5.41, 5.74) is 3.29. The zero-order chi connectivity index (χ0) is 19.1. The van der Waals surface area contributed by atoms with Gasteiger partial charge >= 0.3 is 0 Å². The van der Waals surface area contributed by atoms with Gasteiger partial charge in [0.2, 0.25) is 5.91 Å². The molecule has 0 bridgehead atoms. The zero-order valence-corrected chi connectivity index (χ0v) is 15.6. The molecule has 2 amide bonds. The smallest absolute Gasteiger partial charge is 0.257 e. The summed E-state index contributed by atoms with van der Waals surface area (Å²) in [5, 5.41) is 5.78. The van der Waals surface area contributed by atoms with Crippen molar-refractivity contribution in [2.24, 2.45) is 5.92 Å². The zero-order valence-electron chi connectivity index (χ0n) is 15.6. The van der Waals surface area contributed by atoms with Crippen LogP contribution in [0.15, 0.2) is 60.4 Å². The van der Waals surface area contributed by atoms with Crippen molar-refractivity contribution >= 4 is 17.5 Å². The van der Waals surface area contributed by atoms with E-state index in [1.54, 1.807) is 24.4 Å². The maximum atomic E-state index is 12.2. The molecule has 27 heavy (non-hydrogen) atoms. The van der Waals surface area contributed by atoms with Crippen LogP contribution in [0.3, 0.4) is 0 Å². The minimum Gasteiger partial charge on any atom is -0.348 e. The van der Waals surface area contributed by atoms with Crippen LogP contribution < -0.4 is 10.6 Å². The van der Waals surface area contributed by atoms with E-state index in [-0.39, 0.29) is 11.8 Å². The lowest BCUT2D eigenvalue weighted by Crippen LogP contribution is -2.21. The number of carbonyl (C=O) groups excluding carboxylic acids is 2. The second kappa shape index (κ2) is 9.12. The lowest BCUT2D eigenvalue weighted by molar-refractivity contribution is -0.116. The van der Waals surface area contributed by atoms with Crippen molar-refractivity contribution in [3.05, 3.63) is 71.6 Å². The van der Waals surface area contributed by atoms with E-state index in [1.165, 1.54) is 37.5 Å². The summed E-state index contributed by atoms with van der Waals surface area (Å²) in [7, 11) is 0. The molecule has 2 aromatic rings. The third-order valence-electron chi connectivity index (χ3n) is 4.93. The molecular weight excluding hydrogens is 338 g/mol. The number of allylic oxidation sites excluding steroid dienone is 1. The number of amides is 2. The Kier molecular flexibility index (Phi) is 6.36. The summed E-state index contributed by atoms with van der Waals surface area (Å²) >= 11 is 0. The predicted molar refractivity (Wildman–Crippen MR) is 106 cm³/mol. The van der Waals surface area contributed by atoms with E-state index in [0.29, 0.717) is 23.7 Å². The molecule has 5 heteroatoms. The van der Waals surface area contributed by atoms with Gasteiger partial charge in [0.25, 0.3) is 5.91 Å². The van der Waals surface area contributed by atoms with Gasteiger partial charge in [-0.05, 0) is 55.5 Å². The molecule has 1 aliphatic rings. The lowest BCUT2D eigenvalue weighted by Gasteiger charge is -2.10. The molecule has 0 saturated heterocycles. The highest BCUT2D eigenvalue weighted by atomic mass is 16.2. The van der Waals surface area contributed by atoms with Gasteiger partial charge in [-0.2, -0.15) is 0 Å². The number of aromatic nitrogens is 1. The van der Waals surface area contributed by atoms with E-state index < -0.39 is 0 Å². The molecule has 0 aliphatic heterocycles. The van der Waals surface area contributed by atoms with Crippen LogP contribution in [0.4, 0.5) is 5.69 Å². The maximum Gasteiger partial charge on any atom is 0.257 e.